The number of carbonyl (C=O) groups is 1. The number of carbonyl (C=O) groups excluding carboxylic acids is 1. The highest BCUT2D eigenvalue weighted by Gasteiger charge is 2.22. The molecule has 6 nitrogen and oxygen atoms in total. The number of thiazole rings is 1. The molecule has 1 fully saturated rings. The van der Waals surface area contributed by atoms with Crippen LogP contribution in [0.2, 0.25) is 0 Å². The second kappa shape index (κ2) is 8.91. The highest BCUT2D eigenvalue weighted by atomic mass is 32.1. The predicted molar refractivity (Wildman–Crippen MR) is 108 cm³/mol. The Morgan fingerprint density at radius 2 is 2.11 bits per heavy atom. The van der Waals surface area contributed by atoms with Crippen LogP contribution in [0, 0.1) is 0 Å². The van der Waals surface area contributed by atoms with Gasteiger partial charge in [0.1, 0.15) is 0 Å². The molecule has 0 radical (unpaired) electrons. The van der Waals surface area contributed by atoms with E-state index in [4.69, 9.17) is 4.74 Å². The first kappa shape index (κ1) is 19.9. The number of aromatic nitrogens is 2. The largest absolute Gasteiger partial charge is 0.372 e. The van der Waals surface area contributed by atoms with E-state index in [1.807, 2.05) is 23.6 Å². The van der Waals surface area contributed by atoms with E-state index >= 15 is 0 Å². The van der Waals surface area contributed by atoms with Crippen molar-refractivity contribution >= 4 is 22.4 Å². The van der Waals surface area contributed by atoms with Crippen LogP contribution in [0.4, 0.5) is 5.13 Å². The van der Waals surface area contributed by atoms with Crippen molar-refractivity contribution in [1.29, 1.82) is 0 Å². The molecule has 1 N–H and O–H groups in total. The lowest BCUT2D eigenvalue weighted by atomic mass is 9.93. The van der Waals surface area contributed by atoms with Gasteiger partial charge in [0.25, 0.3) is 0 Å². The number of hydrogen-bond acceptors (Lipinski definition) is 6. The van der Waals surface area contributed by atoms with E-state index in [0.717, 1.165) is 37.3 Å². The SMILES string of the molecule is CC(C)(C)c1csc(NC(=O)CN2CCC(OCc3ccccn3)CC2)n1. The third kappa shape index (κ3) is 6.09. The maximum Gasteiger partial charge on any atom is 0.240 e. The van der Waals surface area contributed by atoms with E-state index in [-0.39, 0.29) is 17.4 Å². The Labute approximate surface area is 165 Å². The highest BCUT2D eigenvalue weighted by molar-refractivity contribution is 7.13. The molecular weight excluding hydrogens is 360 g/mol. The smallest absolute Gasteiger partial charge is 0.240 e. The van der Waals surface area contributed by atoms with Crippen LogP contribution < -0.4 is 5.32 Å². The number of likely N-dealkylation sites (tertiary alicyclic amines) is 1. The normalized spacial score (nSPS) is 16.4. The molecule has 0 atom stereocenters. The molecule has 3 rings (SSSR count). The minimum atomic E-state index is -0.00334. The lowest BCUT2D eigenvalue weighted by Crippen LogP contribution is -2.41. The Balaban J connectivity index is 1.38. The van der Waals surface area contributed by atoms with E-state index in [1.165, 1.54) is 11.3 Å². The van der Waals surface area contributed by atoms with Crippen LogP contribution in [0.1, 0.15) is 45.0 Å². The maximum atomic E-state index is 12.3. The van der Waals surface area contributed by atoms with Gasteiger partial charge in [0.15, 0.2) is 5.13 Å². The summed E-state index contributed by atoms with van der Waals surface area (Å²) in [5.74, 6) is -0.00216. The van der Waals surface area contributed by atoms with Crippen LogP contribution in [0.5, 0.6) is 0 Å². The Hall–Kier alpha value is -1.83. The lowest BCUT2D eigenvalue weighted by Gasteiger charge is -2.31. The second-order valence-electron chi connectivity index (χ2n) is 7.94. The lowest BCUT2D eigenvalue weighted by molar-refractivity contribution is -0.118. The third-order valence-corrected chi connectivity index (χ3v) is 5.37. The monoisotopic (exact) mass is 388 g/mol. The number of amides is 1. The van der Waals surface area contributed by atoms with Crippen molar-refractivity contribution in [3.63, 3.8) is 0 Å². The van der Waals surface area contributed by atoms with Crippen LogP contribution in [0.25, 0.3) is 0 Å². The van der Waals surface area contributed by atoms with Gasteiger partial charge in [-0.05, 0) is 25.0 Å². The van der Waals surface area contributed by atoms with Crippen LogP contribution >= 0.6 is 11.3 Å². The number of piperidine rings is 1. The van der Waals surface area contributed by atoms with E-state index in [0.29, 0.717) is 18.3 Å². The summed E-state index contributed by atoms with van der Waals surface area (Å²) in [4.78, 5) is 23.3. The van der Waals surface area contributed by atoms with Gasteiger partial charge in [0.2, 0.25) is 5.91 Å². The summed E-state index contributed by atoms with van der Waals surface area (Å²) in [6.07, 6.45) is 3.89. The fourth-order valence-corrected chi connectivity index (χ4v) is 3.91. The van der Waals surface area contributed by atoms with Crippen LogP contribution in [-0.2, 0) is 21.6 Å². The van der Waals surface area contributed by atoms with Crippen molar-refractivity contribution in [2.24, 2.45) is 0 Å². The van der Waals surface area contributed by atoms with Crippen molar-refractivity contribution in [3.8, 4) is 0 Å². The Morgan fingerprint density at radius 1 is 1.33 bits per heavy atom. The molecule has 0 aromatic carbocycles. The van der Waals surface area contributed by atoms with Crippen molar-refractivity contribution in [3.05, 3.63) is 41.2 Å². The third-order valence-electron chi connectivity index (χ3n) is 4.61. The van der Waals surface area contributed by atoms with E-state index in [1.54, 1.807) is 6.20 Å². The molecule has 1 amide bonds. The molecule has 3 heterocycles. The fraction of sp³-hybridized carbons (Fsp3) is 0.550. The summed E-state index contributed by atoms with van der Waals surface area (Å²) < 4.78 is 5.95. The van der Waals surface area contributed by atoms with Crippen LogP contribution in [-0.4, -0.2) is 46.5 Å². The van der Waals surface area contributed by atoms with Crippen LogP contribution in [0.3, 0.4) is 0 Å². The quantitative estimate of drug-likeness (QED) is 0.821. The molecule has 0 aliphatic carbocycles. The molecule has 0 saturated carbocycles. The number of rotatable bonds is 6. The molecule has 27 heavy (non-hydrogen) atoms. The van der Waals surface area contributed by atoms with E-state index in [2.05, 4.69) is 41.0 Å². The summed E-state index contributed by atoms with van der Waals surface area (Å²) in [6.45, 7) is 9.04. The summed E-state index contributed by atoms with van der Waals surface area (Å²) in [5.41, 5.74) is 1.96. The number of anilines is 1. The standard InChI is InChI=1S/C20H28N4O2S/c1-20(2,3)17-14-27-19(22-17)23-18(25)12-24-10-7-16(8-11-24)26-13-15-6-4-5-9-21-15/h4-6,9,14,16H,7-8,10-13H2,1-3H3,(H,22,23,25). The molecule has 1 aliphatic rings. The van der Waals surface area contributed by atoms with Crippen molar-refractivity contribution < 1.29 is 9.53 Å². The van der Waals surface area contributed by atoms with Gasteiger partial charge in [-0.25, -0.2) is 4.98 Å². The number of nitrogens with zero attached hydrogens (tertiary/aromatic N) is 3. The average molecular weight is 389 g/mol. The van der Waals surface area contributed by atoms with Gasteiger partial charge < -0.3 is 10.1 Å². The molecule has 1 saturated heterocycles. The summed E-state index contributed by atoms with van der Waals surface area (Å²) >= 11 is 1.48. The minimum absolute atomic E-state index is 0.00216. The number of pyridine rings is 1. The maximum absolute atomic E-state index is 12.3. The second-order valence-corrected chi connectivity index (χ2v) is 8.80. The molecule has 2 aromatic rings. The number of ether oxygens (including phenoxy) is 1. The van der Waals surface area contributed by atoms with E-state index in [9.17, 15) is 4.79 Å². The summed E-state index contributed by atoms with van der Waals surface area (Å²) in [5, 5.41) is 5.62. The van der Waals surface area contributed by atoms with Gasteiger partial charge in [-0.1, -0.05) is 26.8 Å². The highest BCUT2D eigenvalue weighted by Crippen LogP contribution is 2.26. The molecule has 0 unspecified atom stereocenters. The predicted octanol–water partition coefficient (Wildman–Crippen LogP) is 3.46. The Bertz CT molecular complexity index is 734. The average Bonchev–Trinajstić information content (AvgIpc) is 3.11. The first-order valence-corrected chi connectivity index (χ1v) is 10.3. The minimum Gasteiger partial charge on any atom is -0.372 e. The van der Waals surface area contributed by atoms with Gasteiger partial charge in [-0.15, -0.1) is 11.3 Å². The van der Waals surface area contributed by atoms with Gasteiger partial charge in [-0.2, -0.15) is 0 Å². The van der Waals surface area contributed by atoms with Gasteiger partial charge in [-0.3, -0.25) is 14.7 Å². The zero-order valence-corrected chi connectivity index (χ0v) is 17.1. The summed E-state index contributed by atoms with van der Waals surface area (Å²) in [7, 11) is 0. The van der Waals surface area contributed by atoms with Crippen LogP contribution in [0.15, 0.2) is 29.8 Å². The number of nitrogens with one attached hydrogen (secondary N) is 1. The van der Waals surface area contributed by atoms with Gasteiger partial charge in [0.05, 0.1) is 30.6 Å². The van der Waals surface area contributed by atoms with Crippen molar-refractivity contribution in [2.45, 2.75) is 51.7 Å². The molecule has 1 aliphatic heterocycles. The zero-order valence-electron chi connectivity index (χ0n) is 16.3. The molecule has 0 bridgehead atoms. The molecular formula is C20H28N4O2S. The summed E-state index contributed by atoms with van der Waals surface area (Å²) in [6, 6.07) is 5.85. The Kier molecular flexibility index (Phi) is 6.57. The molecule has 7 heteroatoms. The number of hydrogen-bond donors (Lipinski definition) is 1. The molecule has 146 valence electrons. The van der Waals surface area contributed by atoms with Gasteiger partial charge >= 0.3 is 0 Å². The first-order chi connectivity index (χ1) is 12.9. The van der Waals surface area contributed by atoms with Crippen molar-refractivity contribution in [1.82, 2.24) is 14.9 Å². The Morgan fingerprint density at radius 3 is 2.74 bits per heavy atom. The zero-order chi connectivity index (χ0) is 19.3. The fourth-order valence-electron chi connectivity index (χ4n) is 2.96. The molecule has 2 aromatic heterocycles. The molecule has 0 spiro atoms. The van der Waals surface area contributed by atoms with E-state index < -0.39 is 0 Å². The topological polar surface area (TPSA) is 67.4 Å². The first-order valence-electron chi connectivity index (χ1n) is 9.40. The van der Waals surface area contributed by atoms with Crippen molar-refractivity contribution in [2.75, 3.05) is 25.0 Å². The van der Waals surface area contributed by atoms with Gasteiger partial charge in [0, 0.05) is 30.1 Å².